The Morgan fingerprint density at radius 1 is 1.53 bits per heavy atom. The minimum absolute atomic E-state index is 0.000381. The largest absolute Gasteiger partial charge is 0.396 e. The molecule has 3 N–H and O–H groups in total. The molecule has 0 saturated heterocycles. The normalized spacial score (nSPS) is 25.9. The molecule has 0 radical (unpaired) electrons. The van der Waals surface area contributed by atoms with Crippen LogP contribution in [0.25, 0.3) is 6.08 Å². The van der Waals surface area contributed by atoms with Crippen LogP contribution in [0.4, 0.5) is 0 Å². The molecule has 0 aromatic carbocycles. The van der Waals surface area contributed by atoms with E-state index in [1.165, 1.54) is 10.8 Å². The Bertz CT molecular complexity index is 601. The zero-order valence-corrected chi connectivity index (χ0v) is 10.8. The van der Waals surface area contributed by atoms with Gasteiger partial charge in [-0.2, -0.15) is 0 Å². The van der Waals surface area contributed by atoms with Gasteiger partial charge in [-0.05, 0) is 19.3 Å². The van der Waals surface area contributed by atoms with E-state index >= 15 is 0 Å². The molecule has 1 aliphatic rings. The lowest BCUT2D eigenvalue weighted by Gasteiger charge is -2.15. The maximum Gasteiger partial charge on any atom is 0.328 e. The van der Waals surface area contributed by atoms with Crippen molar-refractivity contribution in [2.24, 2.45) is 11.3 Å². The third-order valence-corrected chi connectivity index (χ3v) is 3.76. The van der Waals surface area contributed by atoms with Crippen LogP contribution >= 0.6 is 0 Å². The van der Waals surface area contributed by atoms with Gasteiger partial charge in [0.2, 0.25) is 0 Å². The number of hydrogen-bond donors (Lipinski definition) is 3. The van der Waals surface area contributed by atoms with Crippen molar-refractivity contribution in [1.29, 1.82) is 0 Å². The van der Waals surface area contributed by atoms with Gasteiger partial charge in [-0.25, -0.2) is 4.79 Å². The summed E-state index contributed by atoms with van der Waals surface area (Å²) in [7, 11) is 0. The number of aliphatic hydroxyl groups excluding tert-OH is 2. The molecule has 1 heterocycles. The van der Waals surface area contributed by atoms with Gasteiger partial charge >= 0.3 is 5.69 Å². The van der Waals surface area contributed by atoms with E-state index in [0.29, 0.717) is 18.5 Å². The van der Waals surface area contributed by atoms with Gasteiger partial charge in [-0.1, -0.05) is 12.2 Å². The average molecular weight is 266 g/mol. The zero-order chi connectivity index (χ0) is 14.0. The number of aromatic nitrogens is 2. The van der Waals surface area contributed by atoms with E-state index in [2.05, 4.69) is 4.98 Å². The van der Waals surface area contributed by atoms with Gasteiger partial charge in [-0.15, -0.1) is 0 Å². The Kier molecular flexibility index (Phi) is 3.73. The van der Waals surface area contributed by atoms with Crippen LogP contribution in [0.2, 0.25) is 0 Å². The molecule has 1 saturated carbocycles. The third kappa shape index (κ3) is 2.54. The summed E-state index contributed by atoms with van der Waals surface area (Å²) < 4.78 is 1.39. The average Bonchev–Trinajstić information content (AvgIpc) is 3.09. The summed E-state index contributed by atoms with van der Waals surface area (Å²) in [4.78, 5) is 25.6. The summed E-state index contributed by atoms with van der Waals surface area (Å²) in [6, 6.07) is 0. The molecule has 1 aromatic rings. The van der Waals surface area contributed by atoms with E-state index in [9.17, 15) is 14.7 Å². The Labute approximate surface area is 110 Å². The first-order chi connectivity index (χ1) is 9.06. The number of aliphatic hydroxyl groups is 2. The third-order valence-electron chi connectivity index (χ3n) is 3.76. The number of H-pyrrole nitrogens is 1. The lowest BCUT2D eigenvalue weighted by atomic mass is 10.1. The van der Waals surface area contributed by atoms with Crippen LogP contribution in [0.1, 0.15) is 18.9 Å². The van der Waals surface area contributed by atoms with Gasteiger partial charge in [0, 0.05) is 24.8 Å². The molecule has 2 unspecified atom stereocenters. The van der Waals surface area contributed by atoms with Crippen molar-refractivity contribution >= 4 is 6.08 Å². The highest BCUT2D eigenvalue weighted by molar-refractivity contribution is 5.45. The van der Waals surface area contributed by atoms with Crippen LogP contribution < -0.4 is 11.2 Å². The molecule has 6 heteroatoms. The number of hydrogen-bond acceptors (Lipinski definition) is 4. The van der Waals surface area contributed by atoms with Crippen molar-refractivity contribution < 1.29 is 10.2 Å². The summed E-state index contributed by atoms with van der Waals surface area (Å²) >= 11 is 0. The zero-order valence-electron chi connectivity index (χ0n) is 10.8. The number of aromatic amines is 1. The maximum absolute atomic E-state index is 11.8. The second-order valence-electron chi connectivity index (χ2n) is 5.08. The van der Waals surface area contributed by atoms with E-state index in [4.69, 9.17) is 5.11 Å². The monoisotopic (exact) mass is 266 g/mol. The van der Waals surface area contributed by atoms with E-state index in [1.807, 2.05) is 0 Å². The molecule has 1 aromatic heterocycles. The molecule has 0 aliphatic heterocycles. The Hall–Kier alpha value is -1.66. The van der Waals surface area contributed by atoms with Crippen LogP contribution in [0.3, 0.4) is 0 Å². The van der Waals surface area contributed by atoms with E-state index in [1.54, 1.807) is 19.1 Å². The molecule has 6 nitrogen and oxygen atoms in total. The van der Waals surface area contributed by atoms with Crippen LogP contribution in [0.15, 0.2) is 21.9 Å². The van der Waals surface area contributed by atoms with Crippen molar-refractivity contribution in [3.8, 4) is 0 Å². The van der Waals surface area contributed by atoms with E-state index in [0.717, 1.165) is 0 Å². The molecule has 0 amide bonds. The molecule has 104 valence electrons. The van der Waals surface area contributed by atoms with Crippen molar-refractivity contribution in [2.75, 3.05) is 13.2 Å². The minimum Gasteiger partial charge on any atom is -0.396 e. The first-order valence-electron chi connectivity index (χ1n) is 6.24. The van der Waals surface area contributed by atoms with Gasteiger partial charge in [-0.3, -0.25) is 14.3 Å². The van der Waals surface area contributed by atoms with Crippen LogP contribution in [0, 0.1) is 11.3 Å². The van der Waals surface area contributed by atoms with Crippen LogP contribution in [-0.4, -0.2) is 33.0 Å². The van der Waals surface area contributed by atoms with E-state index < -0.39 is 16.7 Å². The minimum atomic E-state index is -0.491. The van der Waals surface area contributed by atoms with Crippen LogP contribution in [-0.2, 0) is 6.54 Å². The lowest BCUT2D eigenvalue weighted by Crippen LogP contribution is -2.34. The topological polar surface area (TPSA) is 95.3 Å². The summed E-state index contributed by atoms with van der Waals surface area (Å²) in [5, 5.41) is 18.6. The number of rotatable bonds is 5. The smallest absolute Gasteiger partial charge is 0.328 e. The molecule has 2 rings (SSSR count). The molecular weight excluding hydrogens is 248 g/mol. The van der Waals surface area contributed by atoms with Gasteiger partial charge in [0.1, 0.15) is 0 Å². The molecule has 2 atom stereocenters. The summed E-state index contributed by atoms with van der Waals surface area (Å²) in [6.07, 6.45) is 5.52. The fourth-order valence-electron chi connectivity index (χ4n) is 2.41. The highest BCUT2D eigenvalue weighted by Crippen LogP contribution is 2.52. The quantitative estimate of drug-likeness (QED) is 0.673. The second-order valence-corrected chi connectivity index (χ2v) is 5.08. The number of nitrogens with zero attached hydrogens (tertiary/aromatic N) is 1. The highest BCUT2D eigenvalue weighted by Gasteiger charge is 2.53. The van der Waals surface area contributed by atoms with Gasteiger partial charge in [0.25, 0.3) is 5.56 Å². The van der Waals surface area contributed by atoms with Gasteiger partial charge in [0.05, 0.1) is 12.2 Å². The van der Waals surface area contributed by atoms with Crippen molar-refractivity contribution in [2.45, 2.75) is 19.9 Å². The van der Waals surface area contributed by atoms with E-state index in [-0.39, 0.29) is 19.1 Å². The molecule has 0 spiro atoms. The highest BCUT2D eigenvalue weighted by atomic mass is 16.3. The summed E-state index contributed by atoms with van der Waals surface area (Å²) in [5.74, 6) is 0.0153. The first-order valence-corrected chi connectivity index (χ1v) is 6.24. The first kappa shape index (κ1) is 13.8. The Morgan fingerprint density at radius 2 is 2.26 bits per heavy atom. The predicted molar refractivity (Wildman–Crippen MR) is 70.7 cm³/mol. The van der Waals surface area contributed by atoms with Crippen molar-refractivity contribution in [3.63, 3.8) is 0 Å². The Morgan fingerprint density at radius 3 is 2.79 bits per heavy atom. The fraction of sp³-hybridized carbons (Fsp3) is 0.538. The second kappa shape index (κ2) is 5.14. The van der Waals surface area contributed by atoms with Crippen molar-refractivity contribution in [3.05, 3.63) is 38.7 Å². The molecule has 1 aliphatic carbocycles. The molecular formula is C13H18N2O4. The lowest BCUT2D eigenvalue weighted by molar-refractivity contribution is 0.156. The summed E-state index contributed by atoms with van der Waals surface area (Å²) in [6.45, 7) is 2.00. The van der Waals surface area contributed by atoms with Crippen LogP contribution in [0.5, 0.6) is 0 Å². The van der Waals surface area contributed by atoms with Gasteiger partial charge in [0.15, 0.2) is 0 Å². The standard InChI is InChI=1S/C13H18N2O4/c1-2-3-9-5-15(12(19)14-11(9)18)7-13(8-17)4-10(13)6-16/h2-3,5,10,16-17H,4,6-8H2,1H3,(H,14,18,19). The molecule has 1 fully saturated rings. The Balaban J connectivity index is 2.33. The fourth-order valence-corrected chi connectivity index (χ4v) is 2.41. The van der Waals surface area contributed by atoms with Crippen molar-refractivity contribution in [1.82, 2.24) is 9.55 Å². The predicted octanol–water partition coefficient (Wildman–Crippen LogP) is -0.439. The SMILES string of the molecule is CC=Cc1cn(CC2(CO)CC2CO)c(=O)[nH]c1=O. The summed E-state index contributed by atoms with van der Waals surface area (Å²) in [5.41, 5.74) is -0.956. The molecule has 19 heavy (non-hydrogen) atoms. The van der Waals surface area contributed by atoms with Gasteiger partial charge < -0.3 is 10.2 Å². The number of allylic oxidation sites excluding steroid dienone is 1. The molecule has 0 bridgehead atoms. The number of nitrogens with one attached hydrogen (secondary N) is 1. The maximum atomic E-state index is 11.8.